The first kappa shape index (κ1) is 13.0. The Morgan fingerprint density at radius 3 is 2.38 bits per heavy atom. The van der Waals surface area contributed by atoms with E-state index in [9.17, 15) is 0 Å². The zero-order valence-corrected chi connectivity index (χ0v) is 10.4. The van der Waals surface area contributed by atoms with Crippen LogP contribution in [-0.2, 0) is 6.42 Å². The van der Waals surface area contributed by atoms with E-state index in [4.69, 9.17) is 10.5 Å². The van der Waals surface area contributed by atoms with Crippen molar-refractivity contribution in [1.82, 2.24) is 4.90 Å². The molecular formula is C13H22N2O. The first-order chi connectivity index (χ1) is 7.61. The fraction of sp³-hybridized carbons (Fsp3) is 0.538. The summed E-state index contributed by atoms with van der Waals surface area (Å²) in [4.78, 5) is 2.11. The molecule has 0 aromatic heterocycles. The van der Waals surface area contributed by atoms with Gasteiger partial charge in [-0.15, -0.1) is 0 Å². The van der Waals surface area contributed by atoms with Crippen LogP contribution in [0.15, 0.2) is 24.3 Å². The number of likely N-dealkylation sites (N-methyl/N-ethyl adjacent to an activating group) is 1. The molecule has 0 radical (unpaired) electrons. The van der Waals surface area contributed by atoms with Crippen molar-refractivity contribution in [3.63, 3.8) is 0 Å². The SMILES string of the molecule is CCOc1ccc(CC(N)CN(C)C)cc1. The van der Waals surface area contributed by atoms with E-state index in [2.05, 4.69) is 17.0 Å². The maximum atomic E-state index is 6.03. The van der Waals surface area contributed by atoms with Crippen molar-refractivity contribution < 1.29 is 4.74 Å². The Bertz CT molecular complexity index is 295. The van der Waals surface area contributed by atoms with E-state index in [1.165, 1.54) is 5.56 Å². The number of rotatable bonds is 6. The molecule has 0 spiro atoms. The van der Waals surface area contributed by atoms with Gasteiger partial charge in [0.1, 0.15) is 5.75 Å². The van der Waals surface area contributed by atoms with Gasteiger partial charge >= 0.3 is 0 Å². The Morgan fingerprint density at radius 2 is 1.88 bits per heavy atom. The van der Waals surface area contributed by atoms with Gasteiger partial charge in [-0.05, 0) is 45.1 Å². The summed E-state index contributed by atoms with van der Waals surface area (Å²) < 4.78 is 5.39. The normalized spacial score (nSPS) is 12.8. The first-order valence-corrected chi connectivity index (χ1v) is 5.74. The molecule has 1 atom stereocenters. The number of benzene rings is 1. The molecule has 0 amide bonds. The molecule has 0 aliphatic rings. The first-order valence-electron chi connectivity index (χ1n) is 5.74. The quantitative estimate of drug-likeness (QED) is 0.793. The van der Waals surface area contributed by atoms with Gasteiger partial charge in [0, 0.05) is 12.6 Å². The largest absolute Gasteiger partial charge is 0.494 e. The molecule has 90 valence electrons. The molecule has 0 aliphatic carbocycles. The van der Waals surface area contributed by atoms with Gasteiger partial charge in [-0.1, -0.05) is 12.1 Å². The van der Waals surface area contributed by atoms with Gasteiger partial charge in [-0.2, -0.15) is 0 Å². The zero-order valence-electron chi connectivity index (χ0n) is 10.4. The number of hydrogen-bond donors (Lipinski definition) is 1. The molecule has 0 saturated carbocycles. The van der Waals surface area contributed by atoms with Crippen LogP contribution in [0.4, 0.5) is 0 Å². The molecular weight excluding hydrogens is 200 g/mol. The van der Waals surface area contributed by atoms with Gasteiger partial charge in [-0.3, -0.25) is 0 Å². The van der Waals surface area contributed by atoms with E-state index in [1.54, 1.807) is 0 Å². The minimum Gasteiger partial charge on any atom is -0.494 e. The Morgan fingerprint density at radius 1 is 1.25 bits per heavy atom. The predicted octanol–water partition coefficient (Wildman–Crippen LogP) is 1.52. The fourth-order valence-electron chi connectivity index (χ4n) is 1.72. The van der Waals surface area contributed by atoms with Crippen molar-refractivity contribution in [2.24, 2.45) is 5.73 Å². The summed E-state index contributed by atoms with van der Waals surface area (Å²) in [5.74, 6) is 0.924. The van der Waals surface area contributed by atoms with Crippen molar-refractivity contribution in [3.05, 3.63) is 29.8 Å². The molecule has 0 saturated heterocycles. The molecule has 16 heavy (non-hydrogen) atoms. The number of hydrogen-bond acceptors (Lipinski definition) is 3. The van der Waals surface area contributed by atoms with Crippen LogP contribution in [0.25, 0.3) is 0 Å². The lowest BCUT2D eigenvalue weighted by molar-refractivity contribution is 0.340. The number of nitrogens with two attached hydrogens (primary N) is 1. The standard InChI is InChI=1S/C13H22N2O/c1-4-16-13-7-5-11(6-8-13)9-12(14)10-15(2)3/h5-8,12H,4,9-10,14H2,1-3H3. The fourth-order valence-corrected chi connectivity index (χ4v) is 1.72. The van der Waals surface area contributed by atoms with Crippen LogP contribution in [0.1, 0.15) is 12.5 Å². The molecule has 0 aliphatic heterocycles. The summed E-state index contributed by atoms with van der Waals surface area (Å²) in [7, 11) is 4.08. The molecule has 1 aromatic carbocycles. The lowest BCUT2D eigenvalue weighted by Crippen LogP contribution is -2.34. The molecule has 3 heteroatoms. The highest BCUT2D eigenvalue weighted by Crippen LogP contribution is 2.13. The van der Waals surface area contributed by atoms with Crippen molar-refractivity contribution in [2.45, 2.75) is 19.4 Å². The average molecular weight is 222 g/mol. The molecule has 1 unspecified atom stereocenters. The summed E-state index contributed by atoms with van der Waals surface area (Å²) in [6.45, 7) is 3.60. The third-order valence-corrected chi connectivity index (χ3v) is 2.33. The molecule has 3 nitrogen and oxygen atoms in total. The van der Waals surface area contributed by atoms with Crippen LogP contribution in [0.2, 0.25) is 0 Å². The summed E-state index contributed by atoms with van der Waals surface area (Å²) >= 11 is 0. The van der Waals surface area contributed by atoms with Crippen LogP contribution in [0.3, 0.4) is 0 Å². The minimum absolute atomic E-state index is 0.188. The second kappa shape index (κ2) is 6.51. The van der Waals surface area contributed by atoms with E-state index in [-0.39, 0.29) is 6.04 Å². The van der Waals surface area contributed by atoms with Crippen molar-refractivity contribution in [2.75, 3.05) is 27.2 Å². The van der Waals surface area contributed by atoms with Gasteiger partial charge in [0.05, 0.1) is 6.61 Å². The smallest absolute Gasteiger partial charge is 0.119 e. The van der Waals surface area contributed by atoms with Gasteiger partial charge in [0.2, 0.25) is 0 Å². The highest BCUT2D eigenvalue weighted by molar-refractivity contribution is 5.27. The lowest BCUT2D eigenvalue weighted by atomic mass is 10.1. The molecule has 1 aromatic rings. The van der Waals surface area contributed by atoms with Crippen molar-refractivity contribution in [3.8, 4) is 5.75 Å². The third kappa shape index (κ3) is 4.64. The van der Waals surface area contributed by atoms with E-state index in [0.29, 0.717) is 6.61 Å². The summed E-state index contributed by atoms with van der Waals surface area (Å²) in [5, 5.41) is 0. The Balaban J connectivity index is 2.48. The van der Waals surface area contributed by atoms with E-state index in [0.717, 1.165) is 18.7 Å². The molecule has 0 bridgehead atoms. The van der Waals surface area contributed by atoms with Crippen molar-refractivity contribution >= 4 is 0 Å². The monoisotopic (exact) mass is 222 g/mol. The number of ether oxygens (including phenoxy) is 1. The van der Waals surface area contributed by atoms with Gasteiger partial charge in [-0.25, -0.2) is 0 Å². The molecule has 0 heterocycles. The van der Waals surface area contributed by atoms with Gasteiger partial charge in [0.15, 0.2) is 0 Å². The predicted molar refractivity (Wildman–Crippen MR) is 67.8 cm³/mol. The Kier molecular flexibility index (Phi) is 5.29. The molecule has 0 fully saturated rings. The molecule has 2 N–H and O–H groups in total. The maximum absolute atomic E-state index is 6.03. The average Bonchev–Trinajstić information content (AvgIpc) is 2.20. The summed E-state index contributed by atoms with van der Waals surface area (Å²) in [6.07, 6.45) is 0.907. The minimum atomic E-state index is 0.188. The van der Waals surface area contributed by atoms with Crippen LogP contribution in [0, 0.1) is 0 Å². The molecule has 1 rings (SSSR count). The second-order valence-corrected chi connectivity index (χ2v) is 4.30. The topological polar surface area (TPSA) is 38.5 Å². The highest BCUT2D eigenvalue weighted by atomic mass is 16.5. The van der Waals surface area contributed by atoms with E-state index in [1.807, 2.05) is 33.2 Å². The Hall–Kier alpha value is -1.06. The maximum Gasteiger partial charge on any atom is 0.119 e. The third-order valence-electron chi connectivity index (χ3n) is 2.33. The lowest BCUT2D eigenvalue weighted by Gasteiger charge is -2.16. The van der Waals surface area contributed by atoms with Crippen LogP contribution < -0.4 is 10.5 Å². The highest BCUT2D eigenvalue weighted by Gasteiger charge is 2.05. The van der Waals surface area contributed by atoms with Gasteiger partial charge in [0.25, 0.3) is 0 Å². The summed E-state index contributed by atoms with van der Waals surface area (Å²) in [5.41, 5.74) is 7.29. The second-order valence-electron chi connectivity index (χ2n) is 4.30. The van der Waals surface area contributed by atoms with Crippen LogP contribution in [-0.4, -0.2) is 38.2 Å². The number of nitrogens with zero attached hydrogens (tertiary/aromatic N) is 1. The van der Waals surface area contributed by atoms with Crippen LogP contribution in [0.5, 0.6) is 5.75 Å². The zero-order chi connectivity index (χ0) is 12.0. The van der Waals surface area contributed by atoms with Crippen LogP contribution >= 0.6 is 0 Å². The van der Waals surface area contributed by atoms with E-state index >= 15 is 0 Å². The Labute approximate surface area is 98.2 Å². The summed E-state index contributed by atoms with van der Waals surface area (Å²) in [6, 6.07) is 8.36. The van der Waals surface area contributed by atoms with Gasteiger partial charge < -0.3 is 15.4 Å². The van der Waals surface area contributed by atoms with E-state index < -0.39 is 0 Å². The van der Waals surface area contributed by atoms with Crippen molar-refractivity contribution in [1.29, 1.82) is 0 Å².